The number of hydrogen-bond acceptors (Lipinski definition) is 6. The van der Waals surface area contributed by atoms with Crippen molar-refractivity contribution in [1.82, 2.24) is 9.55 Å². The lowest BCUT2D eigenvalue weighted by atomic mass is 10.1. The third kappa shape index (κ3) is 3.98. The summed E-state index contributed by atoms with van der Waals surface area (Å²) in [5, 5.41) is 11.3. The minimum Gasteiger partial charge on any atom is -0.457 e. The number of rotatable bonds is 6. The molecular weight excluding hydrogens is 376 g/mol. The monoisotopic (exact) mass is 394 g/mol. The topological polar surface area (TPSA) is 130 Å². The Bertz CT molecular complexity index is 1110. The number of aromatic nitrogens is 2. The van der Waals surface area contributed by atoms with E-state index in [2.05, 4.69) is 4.98 Å². The van der Waals surface area contributed by atoms with E-state index in [4.69, 9.17) is 10.5 Å². The fraction of sp³-hybridized carbons (Fsp3) is 0.150. The van der Waals surface area contributed by atoms with Gasteiger partial charge in [-0.25, -0.2) is 9.78 Å². The second-order valence-electron chi connectivity index (χ2n) is 6.35. The van der Waals surface area contributed by atoms with E-state index in [1.165, 1.54) is 12.1 Å². The van der Waals surface area contributed by atoms with E-state index in [-0.39, 0.29) is 23.4 Å². The first kappa shape index (κ1) is 19.7. The van der Waals surface area contributed by atoms with Crippen LogP contribution in [0.3, 0.4) is 0 Å². The molecule has 0 saturated heterocycles. The first-order chi connectivity index (χ1) is 13.8. The number of amides is 1. The van der Waals surface area contributed by atoms with Crippen molar-refractivity contribution >= 4 is 17.6 Å². The van der Waals surface area contributed by atoms with Gasteiger partial charge in [0.15, 0.2) is 0 Å². The van der Waals surface area contributed by atoms with Gasteiger partial charge in [-0.15, -0.1) is 0 Å². The van der Waals surface area contributed by atoms with Gasteiger partial charge in [0.05, 0.1) is 16.1 Å². The molecule has 0 fully saturated rings. The van der Waals surface area contributed by atoms with Gasteiger partial charge in [-0.3, -0.25) is 14.9 Å². The van der Waals surface area contributed by atoms with Crippen LogP contribution in [0.5, 0.6) is 0 Å². The summed E-state index contributed by atoms with van der Waals surface area (Å²) in [5.41, 5.74) is 6.76. The zero-order valence-electron chi connectivity index (χ0n) is 15.8. The van der Waals surface area contributed by atoms with Crippen molar-refractivity contribution in [2.24, 2.45) is 5.73 Å². The summed E-state index contributed by atoms with van der Waals surface area (Å²) >= 11 is 0. The number of nitro benzene ring substituents is 1. The smallest absolute Gasteiger partial charge is 0.340 e. The van der Waals surface area contributed by atoms with Crippen LogP contribution in [0, 0.1) is 24.0 Å². The maximum atomic E-state index is 12.6. The highest BCUT2D eigenvalue weighted by molar-refractivity contribution is 5.93. The lowest BCUT2D eigenvalue weighted by Gasteiger charge is -2.09. The molecule has 9 nitrogen and oxygen atoms in total. The van der Waals surface area contributed by atoms with Gasteiger partial charge in [-0.05, 0) is 44.2 Å². The number of carbonyl (C=O) groups is 2. The molecule has 0 aliphatic carbocycles. The molecule has 0 saturated carbocycles. The van der Waals surface area contributed by atoms with E-state index < -0.39 is 16.8 Å². The summed E-state index contributed by atoms with van der Waals surface area (Å²) in [6, 6.07) is 10.9. The van der Waals surface area contributed by atoms with Crippen LogP contribution in [0.4, 0.5) is 5.69 Å². The van der Waals surface area contributed by atoms with Gasteiger partial charge in [0.1, 0.15) is 12.4 Å². The fourth-order valence-electron chi connectivity index (χ4n) is 3.04. The second kappa shape index (κ2) is 7.93. The summed E-state index contributed by atoms with van der Waals surface area (Å²) < 4.78 is 7.12. The molecule has 0 unspecified atom stereocenters. The molecule has 2 heterocycles. The van der Waals surface area contributed by atoms with Crippen molar-refractivity contribution in [3.63, 3.8) is 0 Å². The normalized spacial score (nSPS) is 10.6. The third-order valence-corrected chi connectivity index (χ3v) is 4.45. The van der Waals surface area contributed by atoms with Crippen molar-refractivity contribution in [2.75, 3.05) is 0 Å². The number of primary amides is 1. The molecule has 0 aliphatic rings. The Labute approximate surface area is 165 Å². The van der Waals surface area contributed by atoms with Gasteiger partial charge in [-0.2, -0.15) is 0 Å². The van der Waals surface area contributed by atoms with E-state index >= 15 is 0 Å². The molecule has 1 amide bonds. The van der Waals surface area contributed by atoms with Gasteiger partial charge in [0.2, 0.25) is 5.91 Å². The molecular formula is C20H18N4O5. The predicted octanol–water partition coefficient (Wildman–Crippen LogP) is 2.85. The van der Waals surface area contributed by atoms with Crippen molar-refractivity contribution in [3.8, 4) is 5.82 Å². The Kier molecular flexibility index (Phi) is 5.40. The van der Waals surface area contributed by atoms with E-state index in [9.17, 15) is 19.7 Å². The summed E-state index contributed by atoms with van der Waals surface area (Å²) in [4.78, 5) is 38.7. The van der Waals surface area contributed by atoms with Crippen LogP contribution in [-0.4, -0.2) is 26.4 Å². The van der Waals surface area contributed by atoms with Crippen LogP contribution >= 0.6 is 0 Å². The molecule has 3 rings (SSSR count). The number of ether oxygens (including phenoxy) is 1. The average molecular weight is 394 g/mol. The summed E-state index contributed by atoms with van der Waals surface area (Å²) in [6.45, 7) is 3.29. The Morgan fingerprint density at radius 2 is 1.97 bits per heavy atom. The number of carbonyl (C=O) groups excluding carboxylic acids is 2. The summed E-state index contributed by atoms with van der Waals surface area (Å²) in [6.07, 6.45) is 1.65. The van der Waals surface area contributed by atoms with Gasteiger partial charge < -0.3 is 15.0 Å². The number of hydrogen-bond donors (Lipinski definition) is 1. The lowest BCUT2D eigenvalue weighted by molar-refractivity contribution is -0.385. The van der Waals surface area contributed by atoms with Gasteiger partial charge >= 0.3 is 5.97 Å². The Morgan fingerprint density at radius 3 is 2.59 bits per heavy atom. The Morgan fingerprint density at radius 1 is 1.21 bits per heavy atom. The van der Waals surface area contributed by atoms with Crippen molar-refractivity contribution in [2.45, 2.75) is 20.5 Å². The molecule has 2 aromatic heterocycles. The highest BCUT2D eigenvalue weighted by Gasteiger charge is 2.21. The molecule has 9 heteroatoms. The first-order valence-corrected chi connectivity index (χ1v) is 8.64. The quantitative estimate of drug-likeness (QED) is 0.389. The van der Waals surface area contributed by atoms with E-state index in [1.54, 1.807) is 25.3 Å². The second-order valence-corrected chi connectivity index (χ2v) is 6.35. The van der Waals surface area contributed by atoms with Crippen LogP contribution in [-0.2, 0) is 11.3 Å². The molecule has 2 N–H and O–H groups in total. The van der Waals surface area contributed by atoms with Crippen molar-refractivity contribution < 1.29 is 19.2 Å². The van der Waals surface area contributed by atoms with Crippen LogP contribution in [0.2, 0.25) is 0 Å². The standard InChI is InChI=1S/C20H18N4O5/c1-12-9-16(13(2)23(12)18-5-3-4-8-22-18)20(26)29-11-15-7-6-14(19(21)25)10-17(15)24(27)28/h3-10H,11H2,1-2H3,(H2,21,25). The number of pyridine rings is 1. The zero-order chi connectivity index (χ0) is 21.1. The van der Waals surface area contributed by atoms with Crippen LogP contribution in [0.1, 0.15) is 37.7 Å². The van der Waals surface area contributed by atoms with Gasteiger partial charge in [0.25, 0.3) is 5.69 Å². The average Bonchev–Trinajstić information content (AvgIpc) is 3.00. The van der Waals surface area contributed by atoms with Gasteiger partial charge in [-0.1, -0.05) is 6.07 Å². The largest absolute Gasteiger partial charge is 0.457 e. The van der Waals surface area contributed by atoms with Crippen LogP contribution in [0.15, 0.2) is 48.7 Å². The SMILES string of the molecule is Cc1cc(C(=O)OCc2ccc(C(N)=O)cc2[N+](=O)[O-])c(C)n1-c1ccccn1. The predicted molar refractivity (Wildman–Crippen MR) is 104 cm³/mol. The maximum Gasteiger partial charge on any atom is 0.340 e. The Balaban J connectivity index is 1.84. The van der Waals surface area contributed by atoms with E-state index in [0.717, 1.165) is 11.8 Å². The number of aryl methyl sites for hydroxylation is 1. The first-order valence-electron chi connectivity index (χ1n) is 8.64. The van der Waals surface area contributed by atoms with Gasteiger partial charge in [0, 0.05) is 29.2 Å². The van der Waals surface area contributed by atoms with Crippen LogP contribution < -0.4 is 5.73 Å². The molecule has 0 spiro atoms. The molecule has 29 heavy (non-hydrogen) atoms. The van der Waals surface area contributed by atoms with Crippen molar-refractivity contribution in [1.29, 1.82) is 0 Å². The fourth-order valence-corrected chi connectivity index (χ4v) is 3.04. The molecule has 0 atom stereocenters. The van der Waals surface area contributed by atoms with Crippen molar-refractivity contribution in [3.05, 3.63) is 86.9 Å². The number of nitro groups is 1. The number of nitrogens with two attached hydrogens (primary N) is 1. The van der Waals surface area contributed by atoms with E-state index in [1.807, 2.05) is 23.6 Å². The number of benzene rings is 1. The highest BCUT2D eigenvalue weighted by atomic mass is 16.6. The maximum absolute atomic E-state index is 12.6. The molecule has 3 aromatic rings. The molecule has 0 radical (unpaired) electrons. The van der Waals surface area contributed by atoms with E-state index in [0.29, 0.717) is 17.1 Å². The minimum absolute atomic E-state index is 0.00526. The number of esters is 1. The minimum atomic E-state index is -0.779. The highest BCUT2D eigenvalue weighted by Crippen LogP contribution is 2.24. The molecule has 0 aliphatic heterocycles. The Hall–Kier alpha value is -4.01. The summed E-state index contributed by atoms with van der Waals surface area (Å²) in [7, 11) is 0. The zero-order valence-corrected chi connectivity index (χ0v) is 15.8. The number of nitrogens with zero attached hydrogens (tertiary/aromatic N) is 3. The molecule has 1 aromatic carbocycles. The third-order valence-electron chi connectivity index (χ3n) is 4.45. The molecule has 148 valence electrons. The molecule has 0 bridgehead atoms. The summed E-state index contributed by atoms with van der Waals surface area (Å²) in [5.74, 6) is -0.730. The van der Waals surface area contributed by atoms with Crippen LogP contribution in [0.25, 0.3) is 5.82 Å². The lowest BCUT2D eigenvalue weighted by Crippen LogP contribution is -2.12.